The molecule has 2 heterocycles. The highest BCUT2D eigenvalue weighted by atomic mass is 16.5. The lowest BCUT2D eigenvalue weighted by atomic mass is 9.96. The van der Waals surface area contributed by atoms with E-state index in [1.165, 1.54) is 0 Å². The summed E-state index contributed by atoms with van der Waals surface area (Å²) in [5, 5.41) is 3.01. The molecule has 7 nitrogen and oxygen atoms in total. The van der Waals surface area contributed by atoms with Crippen LogP contribution in [0.25, 0.3) is 0 Å². The summed E-state index contributed by atoms with van der Waals surface area (Å²) in [6.07, 6.45) is 4.05. The quantitative estimate of drug-likeness (QED) is 0.813. The van der Waals surface area contributed by atoms with Crippen molar-refractivity contribution in [2.45, 2.75) is 25.0 Å². The molecule has 2 atom stereocenters. The maximum Gasteiger partial charge on any atom is 0.146 e. The van der Waals surface area contributed by atoms with Gasteiger partial charge in [-0.1, -0.05) is 11.2 Å². The first-order valence-corrected chi connectivity index (χ1v) is 7.15. The van der Waals surface area contributed by atoms with Gasteiger partial charge in [0.25, 0.3) is 0 Å². The third-order valence-corrected chi connectivity index (χ3v) is 3.90. The van der Waals surface area contributed by atoms with Crippen LogP contribution in [0.1, 0.15) is 13.3 Å². The summed E-state index contributed by atoms with van der Waals surface area (Å²) in [6.45, 7) is 2.39. The summed E-state index contributed by atoms with van der Waals surface area (Å²) in [5.41, 5.74) is 12.7. The standard InChI is InChI=1S/C15H19N5O2/c1-15(8-19-21)9-20(14-4-2-3-5-18-14)12-6-10(16)11(17)7-13(12)22-15/h2-6,11H,7-9,16-17H2,1H3. The summed E-state index contributed by atoms with van der Waals surface area (Å²) >= 11 is 0. The molecule has 22 heavy (non-hydrogen) atoms. The van der Waals surface area contributed by atoms with E-state index in [-0.39, 0.29) is 12.6 Å². The Morgan fingerprint density at radius 1 is 1.55 bits per heavy atom. The molecule has 116 valence electrons. The Labute approximate surface area is 128 Å². The van der Waals surface area contributed by atoms with Crippen LogP contribution in [0.2, 0.25) is 0 Å². The molecule has 2 unspecified atom stereocenters. The van der Waals surface area contributed by atoms with Gasteiger partial charge >= 0.3 is 0 Å². The maximum atomic E-state index is 10.8. The van der Waals surface area contributed by atoms with E-state index in [2.05, 4.69) is 10.2 Å². The zero-order valence-corrected chi connectivity index (χ0v) is 12.4. The Hall–Kier alpha value is -2.41. The minimum atomic E-state index is -0.711. The fraction of sp³-hybridized carbons (Fsp3) is 0.400. The molecular formula is C15H19N5O2. The number of hydrogen-bond donors (Lipinski definition) is 2. The molecule has 0 aromatic carbocycles. The lowest BCUT2D eigenvalue weighted by Crippen LogP contribution is -2.51. The molecule has 3 rings (SSSR count). The predicted molar refractivity (Wildman–Crippen MR) is 83.6 cm³/mol. The number of hydrogen-bond acceptors (Lipinski definition) is 7. The number of nitrogens with two attached hydrogens (primary N) is 2. The highest BCUT2D eigenvalue weighted by Gasteiger charge is 2.40. The van der Waals surface area contributed by atoms with E-state index in [4.69, 9.17) is 16.2 Å². The fourth-order valence-electron chi connectivity index (χ4n) is 2.78. The number of ether oxygens (including phenoxy) is 1. The monoisotopic (exact) mass is 301 g/mol. The summed E-state index contributed by atoms with van der Waals surface area (Å²) in [6, 6.07) is 5.39. The zero-order valence-electron chi connectivity index (χ0n) is 12.4. The Morgan fingerprint density at radius 2 is 2.36 bits per heavy atom. The van der Waals surface area contributed by atoms with Gasteiger partial charge in [0.05, 0.1) is 18.3 Å². The van der Waals surface area contributed by atoms with Crippen molar-refractivity contribution >= 4 is 5.82 Å². The second-order valence-electron chi connectivity index (χ2n) is 5.88. The number of pyridine rings is 1. The van der Waals surface area contributed by atoms with E-state index in [0.29, 0.717) is 18.7 Å². The molecule has 1 aromatic rings. The van der Waals surface area contributed by atoms with Crippen molar-refractivity contribution in [2.75, 3.05) is 18.0 Å². The molecular weight excluding hydrogens is 282 g/mol. The fourth-order valence-corrected chi connectivity index (χ4v) is 2.78. The molecule has 1 aliphatic carbocycles. The van der Waals surface area contributed by atoms with Gasteiger partial charge in [0.1, 0.15) is 23.7 Å². The number of rotatable bonds is 3. The van der Waals surface area contributed by atoms with Gasteiger partial charge in [-0.05, 0) is 25.1 Å². The Bertz CT molecular complexity index is 643. The molecule has 0 fully saturated rings. The first-order valence-electron chi connectivity index (χ1n) is 7.15. The van der Waals surface area contributed by atoms with E-state index in [1.54, 1.807) is 6.20 Å². The molecule has 0 radical (unpaired) electrons. The van der Waals surface area contributed by atoms with Crippen molar-refractivity contribution in [1.29, 1.82) is 0 Å². The molecule has 1 aromatic heterocycles. The zero-order chi connectivity index (χ0) is 15.7. The van der Waals surface area contributed by atoms with E-state index >= 15 is 0 Å². The van der Waals surface area contributed by atoms with Crippen LogP contribution in [0.3, 0.4) is 0 Å². The van der Waals surface area contributed by atoms with Crippen molar-refractivity contribution in [3.05, 3.63) is 52.5 Å². The largest absolute Gasteiger partial charge is 0.486 e. The Morgan fingerprint density at radius 3 is 3.05 bits per heavy atom. The van der Waals surface area contributed by atoms with Crippen molar-refractivity contribution in [2.24, 2.45) is 16.6 Å². The topological polar surface area (TPSA) is 107 Å². The van der Waals surface area contributed by atoms with Gasteiger partial charge in [-0.2, -0.15) is 4.91 Å². The smallest absolute Gasteiger partial charge is 0.146 e. The Kier molecular flexibility index (Phi) is 3.58. The van der Waals surface area contributed by atoms with E-state index < -0.39 is 5.60 Å². The summed E-state index contributed by atoms with van der Waals surface area (Å²) in [5.74, 6) is 1.50. The number of aromatic nitrogens is 1. The van der Waals surface area contributed by atoms with Crippen LogP contribution in [-0.2, 0) is 4.74 Å². The molecule has 0 saturated heterocycles. The van der Waals surface area contributed by atoms with Gasteiger partial charge < -0.3 is 21.1 Å². The van der Waals surface area contributed by atoms with Gasteiger partial charge in [-0.3, -0.25) is 0 Å². The average molecular weight is 301 g/mol. The van der Waals surface area contributed by atoms with Gasteiger partial charge in [0, 0.05) is 18.3 Å². The van der Waals surface area contributed by atoms with Crippen LogP contribution >= 0.6 is 0 Å². The van der Waals surface area contributed by atoms with Crippen LogP contribution in [0.15, 0.2) is 52.8 Å². The van der Waals surface area contributed by atoms with E-state index in [9.17, 15) is 4.91 Å². The first kappa shape index (κ1) is 14.5. The summed E-state index contributed by atoms with van der Waals surface area (Å²) in [7, 11) is 0. The minimum Gasteiger partial charge on any atom is -0.486 e. The van der Waals surface area contributed by atoms with Crippen LogP contribution in [0.5, 0.6) is 0 Å². The SMILES string of the molecule is CC1(CN=O)CN(c2ccccn2)C2=C(CC(N)C(N)=C2)O1. The average Bonchev–Trinajstić information content (AvgIpc) is 2.49. The second-order valence-corrected chi connectivity index (χ2v) is 5.88. The van der Waals surface area contributed by atoms with Gasteiger partial charge in [0.15, 0.2) is 0 Å². The lowest BCUT2D eigenvalue weighted by Gasteiger charge is -2.43. The number of nitrogens with zero attached hydrogens (tertiary/aromatic N) is 3. The molecule has 4 N–H and O–H groups in total. The highest BCUT2D eigenvalue weighted by Crippen LogP contribution is 2.36. The molecule has 0 saturated carbocycles. The molecule has 1 aliphatic heterocycles. The van der Waals surface area contributed by atoms with Gasteiger partial charge in [-0.15, -0.1) is 0 Å². The van der Waals surface area contributed by atoms with Crippen molar-refractivity contribution in [1.82, 2.24) is 4.98 Å². The van der Waals surface area contributed by atoms with Crippen molar-refractivity contribution < 1.29 is 4.74 Å². The molecule has 0 spiro atoms. The molecule has 0 bridgehead atoms. The number of nitroso groups, excluding NO2 is 1. The number of allylic oxidation sites excluding steroid dienone is 1. The Balaban J connectivity index is 2.06. The van der Waals surface area contributed by atoms with Crippen molar-refractivity contribution in [3.8, 4) is 0 Å². The molecule has 7 heteroatoms. The van der Waals surface area contributed by atoms with Crippen molar-refractivity contribution in [3.63, 3.8) is 0 Å². The number of anilines is 1. The minimum absolute atomic E-state index is 0.0571. The molecule has 2 aliphatic rings. The lowest BCUT2D eigenvalue weighted by molar-refractivity contribution is 0.0142. The van der Waals surface area contributed by atoms with Crippen LogP contribution in [-0.4, -0.2) is 29.7 Å². The second kappa shape index (κ2) is 5.42. The van der Waals surface area contributed by atoms with Crippen LogP contribution in [0, 0.1) is 4.91 Å². The van der Waals surface area contributed by atoms with Gasteiger partial charge in [-0.25, -0.2) is 4.98 Å². The van der Waals surface area contributed by atoms with Gasteiger partial charge in [0.2, 0.25) is 0 Å². The summed E-state index contributed by atoms with van der Waals surface area (Å²) in [4.78, 5) is 17.2. The first-order chi connectivity index (χ1) is 10.5. The van der Waals surface area contributed by atoms with E-state index in [1.807, 2.05) is 36.1 Å². The predicted octanol–water partition coefficient (Wildman–Crippen LogP) is 1.23. The van der Waals surface area contributed by atoms with E-state index in [0.717, 1.165) is 17.3 Å². The van der Waals surface area contributed by atoms with Crippen LogP contribution < -0.4 is 16.4 Å². The maximum absolute atomic E-state index is 10.8. The summed E-state index contributed by atoms with van der Waals surface area (Å²) < 4.78 is 6.03. The molecule has 0 amide bonds. The third-order valence-electron chi connectivity index (χ3n) is 3.90. The normalized spacial score (nSPS) is 27.8. The third kappa shape index (κ3) is 2.55. The highest BCUT2D eigenvalue weighted by molar-refractivity contribution is 5.54. The van der Waals surface area contributed by atoms with Crippen LogP contribution in [0.4, 0.5) is 5.82 Å².